The Morgan fingerprint density at radius 1 is 0.284 bits per heavy atom. The molecule has 3 N–H and O–H groups in total. The molecule has 0 spiro atoms. The predicted molar refractivity (Wildman–Crippen MR) is 418 cm³/mol. The summed E-state index contributed by atoms with van der Waals surface area (Å²) in [5, 5.41) is 10.6. The van der Waals surface area contributed by atoms with Gasteiger partial charge in [-0.1, -0.05) is 316 Å². The van der Waals surface area contributed by atoms with Crippen LogP contribution in [0.15, 0.2) is 122 Å². The third-order valence-corrected chi connectivity index (χ3v) is 18.4. The lowest BCUT2D eigenvalue weighted by molar-refractivity contribution is -0.161. The lowest BCUT2D eigenvalue weighted by atomic mass is 10.0. The second-order valence-electron chi connectivity index (χ2n) is 26.3. The SMILES string of the molecule is CC/C=C\C/C=C\C/C=C\C/C=C\C/C=C\C/C=C\CCC(=O)OCC(COP(=O)(O)OCC(O)COP(=O)(O)OCC(COC(=O)CCCCCC/C=C\C/C=C\C/C=C\C/C=C\CC)OC(=O)CCCCCCCCCCCCCCC)OC(=O)CCCCCCCCCCCCCCC. The Kier molecular flexibility index (Phi) is 71.4. The predicted octanol–water partition coefficient (Wildman–Crippen LogP) is 23.1. The molecule has 0 aliphatic carbocycles. The Morgan fingerprint density at radius 3 is 0.843 bits per heavy atom. The molecule has 0 aromatic heterocycles. The molecule has 0 aromatic carbocycles. The van der Waals surface area contributed by atoms with E-state index in [1.807, 2.05) is 18.2 Å². The fraction of sp³-hybridized carbons (Fsp3) is 0.711. The standard InChI is InChI=1S/C83H142O17P2/c1-5-9-13-17-21-25-29-33-35-37-38-40-42-46-48-52-56-60-64-68-81(86)94-74-79(100-83(88)70-66-62-58-54-50-44-32-28-24-20-16-12-8-4)76-98-102(91,92)96-72-77(84)71-95-101(89,90)97-75-78(99-82(87)69-65-61-57-53-49-43-31-27-23-19-15-11-7-3)73-93-80(85)67-63-59-55-51-47-45-41-39-36-34-30-26-22-18-14-10-6-2/h9-10,13-14,21-22,25-26,33-36,38,40-41,45-46,48,56,60,77-79,84H,5-8,11-12,15-20,23-24,27-32,37,39,42-44,47,49-55,57-59,61-76H2,1-4H3,(H,89,90)(H,91,92)/b13-9-,14-10-,25-21-,26-22-,35-33-,36-34-,40-38-,45-41-,48-46-,60-56-. The average Bonchev–Trinajstić information content (AvgIpc) is 0.909. The van der Waals surface area contributed by atoms with Crippen LogP contribution in [-0.2, 0) is 65.4 Å². The molecule has 0 saturated heterocycles. The summed E-state index contributed by atoms with van der Waals surface area (Å²) in [5.74, 6) is -2.28. The first-order valence-electron chi connectivity index (χ1n) is 39.8. The lowest BCUT2D eigenvalue weighted by Gasteiger charge is -2.21. The topological polar surface area (TPSA) is 237 Å². The normalized spacial score (nSPS) is 14.5. The van der Waals surface area contributed by atoms with Crippen LogP contribution in [-0.4, -0.2) is 96.7 Å². The van der Waals surface area contributed by atoms with E-state index in [4.69, 9.17) is 37.0 Å². The maximum atomic E-state index is 13.1. The largest absolute Gasteiger partial charge is 0.472 e. The number of unbranched alkanes of at least 4 members (excludes halogenated alkanes) is 28. The molecule has 0 rings (SSSR count). The molecule has 102 heavy (non-hydrogen) atoms. The number of hydrogen-bond donors (Lipinski definition) is 3. The number of phosphoric acid groups is 2. The van der Waals surface area contributed by atoms with Crippen molar-refractivity contribution >= 4 is 39.5 Å². The maximum Gasteiger partial charge on any atom is 0.472 e. The summed E-state index contributed by atoms with van der Waals surface area (Å²) in [6.07, 6.45) is 81.9. The van der Waals surface area contributed by atoms with E-state index < -0.39 is 97.5 Å². The van der Waals surface area contributed by atoms with Gasteiger partial charge in [0.25, 0.3) is 0 Å². The van der Waals surface area contributed by atoms with Gasteiger partial charge in [0.05, 0.1) is 26.4 Å². The number of rotatable bonds is 74. The molecule has 19 heteroatoms. The third-order valence-electron chi connectivity index (χ3n) is 16.5. The number of esters is 4. The highest BCUT2D eigenvalue weighted by molar-refractivity contribution is 7.47. The van der Waals surface area contributed by atoms with Gasteiger partial charge in [-0.25, -0.2) is 9.13 Å². The molecule has 5 unspecified atom stereocenters. The summed E-state index contributed by atoms with van der Waals surface area (Å²) in [5.41, 5.74) is 0. The lowest BCUT2D eigenvalue weighted by Crippen LogP contribution is -2.30. The van der Waals surface area contributed by atoms with E-state index >= 15 is 0 Å². The number of aliphatic hydroxyl groups excluding tert-OH is 1. The summed E-state index contributed by atoms with van der Waals surface area (Å²) in [4.78, 5) is 72.9. The molecule has 586 valence electrons. The van der Waals surface area contributed by atoms with Crippen LogP contribution in [0.1, 0.15) is 323 Å². The van der Waals surface area contributed by atoms with Gasteiger partial charge < -0.3 is 33.8 Å². The Hall–Kier alpha value is -4.54. The summed E-state index contributed by atoms with van der Waals surface area (Å²) in [7, 11) is -9.98. The van der Waals surface area contributed by atoms with E-state index in [9.17, 15) is 43.2 Å². The maximum absolute atomic E-state index is 13.1. The van der Waals surface area contributed by atoms with E-state index in [2.05, 4.69) is 131 Å². The van der Waals surface area contributed by atoms with Crippen LogP contribution in [0.3, 0.4) is 0 Å². The molecule has 0 saturated carbocycles. The van der Waals surface area contributed by atoms with Gasteiger partial charge in [0.2, 0.25) is 0 Å². The monoisotopic (exact) mass is 1470 g/mol. The van der Waals surface area contributed by atoms with E-state index in [0.717, 1.165) is 135 Å². The molecule has 17 nitrogen and oxygen atoms in total. The van der Waals surface area contributed by atoms with E-state index in [-0.39, 0.29) is 25.7 Å². The van der Waals surface area contributed by atoms with Gasteiger partial charge >= 0.3 is 39.5 Å². The summed E-state index contributed by atoms with van der Waals surface area (Å²) in [6.45, 7) is 4.56. The fourth-order valence-electron chi connectivity index (χ4n) is 10.5. The number of phosphoric ester groups is 2. The number of carbonyl (C=O) groups is 4. The number of ether oxygens (including phenoxy) is 4. The summed E-state index contributed by atoms with van der Waals surface area (Å²) < 4.78 is 68.5. The van der Waals surface area contributed by atoms with E-state index in [1.165, 1.54) is 103 Å². The Bertz CT molecular complexity index is 2410. The van der Waals surface area contributed by atoms with Crippen molar-refractivity contribution in [3.8, 4) is 0 Å². The Balaban J connectivity index is 5.40. The molecule has 5 atom stereocenters. The van der Waals surface area contributed by atoms with Gasteiger partial charge in [0, 0.05) is 25.7 Å². The van der Waals surface area contributed by atoms with Crippen LogP contribution in [0.5, 0.6) is 0 Å². The van der Waals surface area contributed by atoms with Gasteiger partial charge in [-0.15, -0.1) is 0 Å². The summed E-state index contributed by atoms with van der Waals surface area (Å²) in [6, 6.07) is 0. The minimum atomic E-state index is -4.99. The van der Waals surface area contributed by atoms with Crippen molar-refractivity contribution < 1.29 is 80.2 Å². The van der Waals surface area contributed by atoms with E-state index in [0.29, 0.717) is 32.1 Å². The molecular weight excluding hydrogens is 1330 g/mol. The molecule has 0 fully saturated rings. The van der Waals surface area contributed by atoms with Crippen LogP contribution in [0.25, 0.3) is 0 Å². The van der Waals surface area contributed by atoms with Gasteiger partial charge in [0.1, 0.15) is 19.3 Å². The first kappa shape index (κ1) is 97.5. The molecule has 0 radical (unpaired) electrons. The molecule has 0 aliphatic rings. The van der Waals surface area contributed by atoms with Crippen molar-refractivity contribution in [2.75, 3.05) is 39.6 Å². The van der Waals surface area contributed by atoms with Crippen LogP contribution in [0.4, 0.5) is 0 Å². The van der Waals surface area contributed by atoms with Crippen molar-refractivity contribution in [2.24, 2.45) is 0 Å². The minimum Gasteiger partial charge on any atom is -0.462 e. The molecule has 0 aromatic rings. The average molecular weight is 1470 g/mol. The molecule has 0 bridgehead atoms. The zero-order valence-electron chi connectivity index (χ0n) is 64.0. The number of aliphatic hydroxyl groups is 1. The molecule has 0 amide bonds. The third kappa shape index (κ3) is 73.8. The first-order valence-corrected chi connectivity index (χ1v) is 42.8. The fourth-order valence-corrected chi connectivity index (χ4v) is 12.1. The molecule has 0 heterocycles. The zero-order chi connectivity index (χ0) is 74.6. The highest BCUT2D eigenvalue weighted by atomic mass is 31.2. The van der Waals surface area contributed by atoms with Gasteiger partial charge in [-0.05, 0) is 103 Å². The quantitative estimate of drug-likeness (QED) is 0.0169. The molecule has 0 aliphatic heterocycles. The number of carbonyl (C=O) groups excluding carboxylic acids is 4. The van der Waals surface area contributed by atoms with E-state index in [1.54, 1.807) is 0 Å². The van der Waals surface area contributed by atoms with Crippen molar-refractivity contribution in [2.45, 2.75) is 341 Å². The highest BCUT2D eigenvalue weighted by Gasteiger charge is 2.30. The second-order valence-corrected chi connectivity index (χ2v) is 29.2. The van der Waals surface area contributed by atoms with Crippen molar-refractivity contribution in [1.82, 2.24) is 0 Å². The number of hydrogen-bond acceptors (Lipinski definition) is 15. The zero-order valence-corrected chi connectivity index (χ0v) is 65.8. The van der Waals surface area contributed by atoms with Crippen LogP contribution < -0.4 is 0 Å². The smallest absolute Gasteiger partial charge is 0.462 e. The second kappa shape index (κ2) is 74.7. The van der Waals surface area contributed by atoms with Crippen LogP contribution in [0, 0.1) is 0 Å². The van der Waals surface area contributed by atoms with Crippen molar-refractivity contribution in [3.63, 3.8) is 0 Å². The Morgan fingerprint density at radius 2 is 0.529 bits per heavy atom. The summed E-state index contributed by atoms with van der Waals surface area (Å²) >= 11 is 0. The van der Waals surface area contributed by atoms with Crippen LogP contribution >= 0.6 is 15.6 Å². The van der Waals surface area contributed by atoms with Gasteiger partial charge in [-0.2, -0.15) is 0 Å². The minimum absolute atomic E-state index is 0.0363. The molecular formula is C83H142O17P2. The van der Waals surface area contributed by atoms with Crippen molar-refractivity contribution in [1.29, 1.82) is 0 Å². The van der Waals surface area contributed by atoms with Gasteiger partial charge in [0.15, 0.2) is 12.2 Å². The Labute approximate surface area is 619 Å². The van der Waals surface area contributed by atoms with Crippen LogP contribution in [0.2, 0.25) is 0 Å². The highest BCUT2D eigenvalue weighted by Crippen LogP contribution is 2.45. The first-order chi connectivity index (χ1) is 49.7. The van der Waals surface area contributed by atoms with Crippen molar-refractivity contribution in [3.05, 3.63) is 122 Å². The number of allylic oxidation sites excluding steroid dienone is 20. The van der Waals surface area contributed by atoms with Gasteiger partial charge in [-0.3, -0.25) is 37.3 Å².